The molecule has 0 aromatic rings. The van der Waals surface area contributed by atoms with E-state index < -0.39 is 5.97 Å². The van der Waals surface area contributed by atoms with Crippen molar-refractivity contribution >= 4 is 5.97 Å². The number of unbranched alkanes of at least 4 members (excludes halogenated alkanes) is 9. The van der Waals surface area contributed by atoms with Gasteiger partial charge in [-0.05, 0) is 12.8 Å². The number of carbonyl (C=O) groups is 1. The maximum Gasteiger partial charge on any atom is 0.328 e. The molecule has 0 aliphatic carbocycles. The maximum atomic E-state index is 10.3. The summed E-state index contributed by atoms with van der Waals surface area (Å²) in [5.41, 5.74) is 0. The van der Waals surface area contributed by atoms with Crippen LogP contribution in [-0.4, -0.2) is 11.1 Å². The molecule has 0 amide bonds. The van der Waals surface area contributed by atoms with Gasteiger partial charge in [0.2, 0.25) is 0 Å². The van der Waals surface area contributed by atoms with E-state index in [2.05, 4.69) is 25.2 Å². The topological polar surface area (TPSA) is 37.3 Å². The molecule has 0 spiro atoms. The van der Waals surface area contributed by atoms with E-state index in [0.717, 1.165) is 6.08 Å². The van der Waals surface area contributed by atoms with E-state index in [9.17, 15) is 4.79 Å². The molecular weight excluding hydrogens is 368 g/mol. The molecule has 30 heavy (non-hydrogen) atoms. The van der Waals surface area contributed by atoms with Crippen LogP contribution in [-0.2, 0) is 4.79 Å². The lowest BCUT2D eigenvalue weighted by atomic mass is 10.1. The second-order valence-electron chi connectivity index (χ2n) is 7.05. The van der Waals surface area contributed by atoms with E-state index in [1.807, 2.05) is 54.7 Å². The summed E-state index contributed by atoms with van der Waals surface area (Å²) >= 11 is 0. The molecule has 0 rings (SSSR count). The van der Waals surface area contributed by atoms with Crippen molar-refractivity contribution in [1.82, 2.24) is 0 Å². The van der Waals surface area contributed by atoms with Crippen molar-refractivity contribution < 1.29 is 9.90 Å². The fourth-order valence-corrected chi connectivity index (χ4v) is 2.66. The van der Waals surface area contributed by atoms with Crippen LogP contribution in [0.5, 0.6) is 0 Å². The Morgan fingerprint density at radius 1 is 0.533 bits per heavy atom. The molecule has 0 aromatic carbocycles. The summed E-state index contributed by atoms with van der Waals surface area (Å²) < 4.78 is 0. The highest BCUT2D eigenvalue weighted by Crippen LogP contribution is 2.10. The molecule has 0 heterocycles. The van der Waals surface area contributed by atoms with Crippen LogP contribution in [0.3, 0.4) is 0 Å². The van der Waals surface area contributed by atoms with Gasteiger partial charge >= 0.3 is 5.97 Å². The first-order valence-electron chi connectivity index (χ1n) is 11.3. The highest BCUT2D eigenvalue weighted by atomic mass is 16.4. The van der Waals surface area contributed by atoms with Crippen molar-refractivity contribution in [3.05, 3.63) is 97.2 Å². The molecule has 0 bridgehead atoms. The Morgan fingerprint density at radius 3 is 1.33 bits per heavy atom. The fourth-order valence-electron chi connectivity index (χ4n) is 2.66. The number of hydrogen-bond donors (Lipinski definition) is 1. The summed E-state index contributed by atoms with van der Waals surface area (Å²) in [6.07, 6.45) is 43.7. The average molecular weight is 409 g/mol. The fraction of sp³-hybridized carbons (Fsp3) is 0.393. The van der Waals surface area contributed by atoms with E-state index >= 15 is 0 Å². The summed E-state index contributed by atoms with van der Waals surface area (Å²) in [7, 11) is 0. The molecule has 0 aliphatic heterocycles. The van der Waals surface area contributed by atoms with Crippen LogP contribution in [0.2, 0.25) is 0 Å². The zero-order chi connectivity index (χ0) is 22.0. The lowest BCUT2D eigenvalue weighted by Crippen LogP contribution is -1.84. The molecule has 0 atom stereocenters. The molecule has 2 nitrogen and oxygen atoms in total. The SMILES string of the molecule is CCCCCCCCCCCC=CC=CC=CC=CC=CC=CC=CC=CC(=O)O. The van der Waals surface area contributed by atoms with E-state index in [4.69, 9.17) is 5.11 Å². The molecule has 0 saturated heterocycles. The third-order valence-electron chi connectivity index (χ3n) is 4.29. The predicted octanol–water partition coefficient (Wildman–Crippen LogP) is 8.44. The highest BCUT2D eigenvalue weighted by Gasteiger charge is 1.90. The standard InChI is InChI=1S/C28H40O2/c1-2-3-4-5-6-7-8-9-10-11-12-13-14-15-16-17-18-19-20-21-22-23-24-25-26-27-28(29)30/h12-27H,2-11H2,1H3,(H,29,30). The van der Waals surface area contributed by atoms with Gasteiger partial charge in [-0.1, -0.05) is 149 Å². The molecule has 164 valence electrons. The third kappa shape index (κ3) is 25.4. The van der Waals surface area contributed by atoms with E-state index in [1.54, 1.807) is 12.2 Å². The predicted molar refractivity (Wildman–Crippen MR) is 133 cm³/mol. The second-order valence-corrected chi connectivity index (χ2v) is 7.05. The van der Waals surface area contributed by atoms with Gasteiger partial charge < -0.3 is 5.11 Å². The maximum absolute atomic E-state index is 10.3. The second kappa shape index (κ2) is 24.4. The normalized spacial score (nSPS) is 13.4. The minimum atomic E-state index is -0.943. The third-order valence-corrected chi connectivity index (χ3v) is 4.29. The van der Waals surface area contributed by atoms with Gasteiger partial charge in [0.15, 0.2) is 0 Å². The summed E-state index contributed by atoms with van der Waals surface area (Å²) in [4.78, 5) is 10.3. The van der Waals surface area contributed by atoms with Crippen LogP contribution < -0.4 is 0 Å². The summed E-state index contributed by atoms with van der Waals surface area (Å²) in [5, 5.41) is 8.43. The van der Waals surface area contributed by atoms with Crippen molar-refractivity contribution in [3.8, 4) is 0 Å². The first-order chi connectivity index (χ1) is 14.8. The number of aliphatic carboxylic acids is 1. The van der Waals surface area contributed by atoms with Crippen LogP contribution in [0.1, 0.15) is 71.1 Å². The largest absolute Gasteiger partial charge is 0.478 e. The lowest BCUT2D eigenvalue weighted by molar-refractivity contribution is -0.131. The monoisotopic (exact) mass is 408 g/mol. The summed E-state index contributed by atoms with van der Waals surface area (Å²) in [6.45, 7) is 2.27. The van der Waals surface area contributed by atoms with Crippen molar-refractivity contribution in [2.75, 3.05) is 0 Å². The highest BCUT2D eigenvalue weighted by molar-refractivity contribution is 5.80. The Bertz CT molecular complexity index is 625. The van der Waals surface area contributed by atoms with E-state index in [1.165, 1.54) is 70.3 Å². The van der Waals surface area contributed by atoms with Crippen molar-refractivity contribution in [1.29, 1.82) is 0 Å². The molecule has 1 N–H and O–H groups in total. The average Bonchev–Trinajstić information content (AvgIpc) is 2.73. The van der Waals surface area contributed by atoms with Crippen LogP contribution in [0.25, 0.3) is 0 Å². The molecule has 0 radical (unpaired) electrons. The molecule has 0 aliphatic rings. The summed E-state index contributed by atoms with van der Waals surface area (Å²) in [6, 6.07) is 0. The summed E-state index contributed by atoms with van der Waals surface area (Å²) in [5.74, 6) is -0.943. The minimum absolute atomic E-state index is 0.943. The Hall–Kier alpha value is -2.61. The van der Waals surface area contributed by atoms with Crippen molar-refractivity contribution in [3.63, 3.8) is 0 Å². The number of carboxylic acid groups (broad SMARTS) is 1. The molecule has 0 unspecified atom stereocenters. The van der Waals surface area contributed by atoms with Crippen molar-refractivity contribution in [2.24, 2.45) is 0 Å². The Morgan fingerprint density at radius 2 is 0.900 bits per heavy atom. The van der Waals surface area contributed by atoms with Gasteiger partial charge in [-0.25, -0.2) is 4.79 Å². The van der Waals surface area contributed by atoms with Gasteiger partial charge in [0.25, 0.3) is 0 Å². The zero-order valence-corrected chi connectivity index (χ0v) is 18.7. The van der Waals surface area contributed by atoms with Gasteiger partial charge in [0.05, 0.1) is 0 Å². The minimum Gasteiger partial charge on any atom is -0.478 e. The number of hydrogen-bond acceptors (Lipinski definition) is 1. The molecule has 0 fully saturated rings. The quantitative estimate of drug-likeness (QED) is 0.140. The van der Waals surface area contributed by atoms with Gasteiger partial charge in [-0.15, -0.1) is 0 Å². The zero-order valence-electron chi connectivity index (χ0n) is 18.7. The van der Waals surface area contributed by atoms with Crippen LogP contribution in [0.15, 0.2) is 97.2 Å². The number of allylic oxidation sites excluding steroid dienone is 15. The van der Waals surface area contributed by atoms with Crippen LogP contribution >= 0.6 is 0 Å². The first-order valence-corrected chi connectivity index (χ1v) is 11.3. The molecule has 0 saturated carbocycles. The van der Waals surface area contributed by atoms with Crippen LogP contribution in [0, 0.1) is 0 Å². The van der Waals surface area contributed by atoms with Crippen molar-refractivity contribution in [2.45, 2.75) is 71.1 Å². The smallest absolute Gasteiger partial charge is 0.328 e. The van der Waals surface area contributed by atoms with E-state index in [0.29, 0.717) is 0 Å². The molecule has 2 heteroatoms. The number of rotatable bonds is 18. The first kappa shape index (κ1) is 27.4. The number of carboxylic acids is 1. The van der Waals surface area contributed by atoms with Gasteiger partial charge in [0.1, 0.15) is 0 Å². The molecule has 0 aromatic heterocycles. The van der Waals surface area contributed by atoms with Gasteiger partial charge in [0, 0.05) is 6.08 Å². The lowest BCUT2D eigenvalue weighted by Gasteiger charge is -2.00. The van der Waals surface area contributed by atoms with Gasteiger partial charge in [-0.2, -0.15) is 0 Å². The Kier molecular flexibility index (Phi) is 22.3. The molecular formula is C28H40O2. The van der Waals surface area contributed by atoms with Gasteiger partial charge in [-0.3, -0.25) is 0 Å². The Labute approximate surface area is 184 Å². The van der Waals surface area contributed by atoms with Crippen LogP contribution in [0.4, 0.5) is 0 Å². The van der Waals surface area contributed by atoms with E-state index in [-0.39, 0.29) is 0 Å². The Balaban J connectivity index is 3.63.